The summed E-state index contributed by atoms with van der Waals surface area (Å²) < 4.78 is 9.99. The molecule has 0 bridgehead atoms. The third-order valence-corrected chi connectivity index (χ3v) is 1.68. The highest BCUT2D eigenvalue weighted by Gasteiger charge is 2.20. The fourth-order valence-corrected chi connectivity index (χ4v) is 1.12. The van der Waals surface area contributed by atoms with Crippen LogP contribution in [0.1, 0.15) is 22.1 Å². The number of fused-ring (bicyclic) bond motifs is 1. The lowest BCUT2D eigenvalue weighted by atomic mass is 10.2. The van der Waals surface area contributed by atoms with Crippen molar-refractivity contribution in [3.05, 3.63) is 17.3 Å². The van der Waals surface area contributed by atoms with Crippen molar-refractivity contribution < 1.29 is 19.1 Å². The molecule has 0 saturated heterocycles. The number of hydrogen-bond donors (Lipinski definition) is 1. The minimum atomic E-state index is -1.13. The molecule has 5 nitrogen and oxygen atoms in total. The lowest BCUT2D eigenvalue weighted by Crippen LogP contribution is -2.07. The molecule has 1 aromatic heterocycles. The number of aromatic carboxylic acids is 1. The number of carboxylic acid groups (broad SMARTS) is 1. The molecule has 12 heavy (non-hydrogen) atoms. The van der Waals surface area contributed by atoms with Gasteiger partial charge in [-0.05, 0) is 0 Å². The van der Waals surface area contributed by atoms with Crippen LogP contribution in [0.3, 0.4) is 0 Å². The maximum absolute atomic E-state index is 10.4. The first kappa shape index (κ1) is 7.30. The summed E-state index contributed by atoms with van der Waals surface area (Å²) in [6, 6.07) is 0. The second kappa shape index (κ2) is 2.60. The van der Waals surface area contributed by atoms with Crippen LogP contribution in [0.4, 0.5) is 0 Å². The van der Waals surface area contributed by atoms with Gasteiger partial charge < -0.3 is 14.3 Å². The normalized spacial score (nSPS) is 15.7. The predicted octanol–water partition coefficient (Wildman–Crippen LogP) is 0.445. The molecular weight excluding hydrogens is 162 g/mol. The quantitative estimate of drug-likeness (QED) is 0.660. The van der Waals surface area contributed by atoms with Gasteiger partial charge in [-0.25, -0.2) is 9.78 Å². The summed E-state index contributed by atoms with van der Waals surface area (Å²) >= 11 is 0. The molecule has 0 spiro atoms. The van der Waals surface area contributed by atoms with Crippen LogP contribution in [0.2, 0.25) is 0 Å². The number of aromatic nitrogens is 1. The van der Waals surface area contributed by atoms with E-state index in [1.165, 1.54) is 0 Å². The minimum Gasteiger partial charge on any atom is -0.474 e. The Hall–Kier alpha value is -1.36. The molecule has 0 atom stereocenters. The van der Waals surface area contributed by atoms with E-state index in [4.69, 9.17) is 14.3 Å². The topological polar surface area (TPSA) is 72.6 Å². The fraction of sp³-hybridized carbons (Fsp3) is 0.429. The van der Waals surface area contributed by atoms with Gasteiger partial charge in [0.15, 0.2) is 5.76 Å². The van der Waals surface area contributed by atoms with Crippen molar-refractivity contribution >= 4 is 5.97 Å². The molecule has 1 N–H and O–H groups in total. The molecule has 0 fully saturated rings. The Kier molecular flexibility index (Phi) is 1.58. The van der Waals surface area contributed by atoms with Crippen molar-refractivity contribution in [2.24, 2.45) is 0 Å². The van der Waals surface area contributed by atoms with Gasteiger partial charge in [0.25, 0.3) is 0 Å². The van der Waals surface area contributed by atoms with Gasteiger partial charge in [0.2, 0.25) is 0 Å². The summed E-state index contributed by atoms with van der Waals surface area (Å²) in [5.41, 5.74) is 0.707. The zero-order chi connectivity index (χ0) is 8.55. The number of carboxylic acids is 1. The second-order valence-corrected chi connectivity index (χ2v) is 2.50. The number of ether oxygens (including phenoxy) is 1. The number of hydrogen-bond acceptors (Lipinski definition) is 4. The first-order valence-corrected chi connectivity index (χ1v) is 3.57. The molecule has 0 aromatic carbocycles. The zero-order valence-electron chi connectivity index (χ0n) is 6.24. The summed E-state index contributed by atoms with van der Waals surface area (Å²) in [4.78, 5) is 14.2. The number of carbonyl (C=O) groups is 1. The van der Waals surface area contributed by atoms with Gasteiger partial charge in [0.1, 0.15) is 6.61 Å². The monoisotopic (exact) mass is 169 g/mol. The number of oxazole rings is 1. The maximum Gasteiger partial charge on any atom is 0.392 e. The first-order chi connectivity index (χ1) is 5.77. The van der Waals surface area contributed by atoms with E-state index in [1.54, 1.807) is 0 Å². The Labute approximate surface area is 68.0 Å². The molecule has 2 heterocycles. The van der Waals surface area contributed by atoms with E-state index in [0.717, 1.165) is 0 Å². The van der Waals surface area contributed by atoms with Crippen LogP contribution in [0, 0.1) is 0 Å². The molecule has 1 aliphatic heterocycles. The second-order valence-electron chi connectivity index (χ2n) is 2.50. The van der Waals surface area contributed by atoms with Crippen molar-refractivity contribution in [2.45, 2.75) is 13.0 Å². The van der Waals surface area contributed by atoms with Crippen LogP contribution in [-0.4, -0.2) is 22.7 Å². The Morgan fingerprint density at radius 1 is 1.58 bits per heavy atom. The minimum absolute atomic E-state index is 0.245. The SMILES string of the molecule is O=C(O)c1nc2c(o1)COCC2. The number of rotatable bonds is 1. The van der Waals surface area contributed by atoms with Crippen LogP contribution in [0.5, 0.6) is 0 Å². The summed E-state index contributed by atoms with van der Waals surface area (Å²) in [5, 5.41) is 8.54. The smallest absolute Gasteiger partial charge is 0.392 e. The highest BCUT2D eigenvalue weighted by atomic mass is 16.5. The van der Waals surface area contributed by atoms with Crippen LogP contribution in [0.25, 0.3) is 0 Å². The molecule has 0 radical (unpaired) electrons. The highest BCUT2D eigenvalue weighted by molar-refractivity contribution is 5.82. The van der Waals surface area contributed by atoms with Crippen molar-refractivity contribution in [3.8, 4) is 0 Å². The van der Waals surface area contributed by atoms with Crippen molar-refractivity contribution in [1.82, 2.24) is 4.98 Å². The maximum atomic E-state index is 10.4. The Morgan fingerprint density at radius 2 is 2.42 bits per heavy atom. The van der Waals surface area contributed by atoms with Gasteiger partial charge >= 0.3 is 11.9 Å². The van der Waals surface area contributed by atoms with Crippen LogP contribution in [0.15, 0.2) is 4.42 Å². The summed E-state index contributed by atoms with van der Waals surface area (Å²) in [7, 11) is 0. The lowest BCUT2D eigenvalue weighted by Gasteiger charge is -2.07. The highest BCUT2D eigenvalue weighted by Crippen LogP contribution is 2.17. The third-order valence-electron chi connectivity index (χ3n) is 1.68. The van der Waals surface area contributed by atoms with E-state index in [0.29, 0.717) is 31.1 Å². The molecule has 1 aromatic rings. The van der Waals surface area contributed by atoms with Crippen LogP contribution in [-0.2, 0) is 17.8 Å². The van der Waals surface area contributed by atoms with E-state index < -0.39 is 5.97 Å². The van der Waals surface area contributed by atoms with E-state index in [2.05, 4.69) is 4.98 Å². The molecular formula is C7H7NO4. The van der Waals surface area contributed by atoms with Gasteiger partial charge in [-0.1, -0.05) is 0 Å². The number of nitrogens with zero attached hydrogens (tertiary/aromatic N) is 1. The summed E-state index contributed by atoms with van der Waals surface area (Å²) in [6.07, 6.45) is 0.631. The fourth-order valence-electron chi connectivity index (χ4n) is 1.12. The summed E-state index contributed by atoms with van der Waals surface area (Å²) in [6.45, 7) is 0.911. The molecule has 64 valence electrons. The molecule has 0 unspecified atom stereocenters. The molecule has 0 saturated carbocycles. The molecule has 1 aliphatic rings. The lowest BCUT2D eigenvalue weighted by molar-refractivity contribution is 0.0636. The Balaban J connectivity index is 2.38. The van der Waals surface area contributed by atoms with Crippen molar-refractivity contribution in [3.63, 3.8) is 0 Å². The zero-order valence-corrected chi connectivity index (χ0v) is 6.24. The van der Waals surface area contributed by atoms with Crippen molar-refractivity contribution in [1.29, 1.82) is 0 Å². The first-order valence-electron chi connectivity index (χ1n) is 3.57. The summed E-state index contributed by atoms with van der Waals surface area (Å²) in [5.74, 6) is -0.839. The van der Waals surface area contributed by atoms with Crippen LogP contribution < -0.4 is 0 Å². The van der Waals surface area contributed by atoms with Gasteiger partial charge in [-0.2, -0.15) is 0 Å². The molecule has 5 heteroatoms. The Morgan fingerprint density at radius 3 is 3.08 bits per heavy atom. The van der Waals surface area contributed by atoms with E-state index >= 15 is 0 Å². The van der Waals surface area contributed by atoms with E-state index in [9.17, 15) is 4.79 Å². The van der Waals surface area contributed by atoms with Gasteiger partial charge in [-0.15, -0.1) is 0 Å². The van der Waals surface area contributed by atoms with Gasteiger partial charge in [-0.3, -0.25) is 0 Å². The average molecular weight is 169 g/mol. The molecule has 2 rings (SSSR count). The van der Waals surface area contributed by atoms with Gasteiger partial charge in [0, 0.05) is 6.42 Å². The van der Waals surface area contributed by atoms with E-state index in [1.807, 2.05) is 0 Å². The van der Waals surface area contributed by atoms with E-state index in [-0.39, 0.29) is 5.89 Å². The third kappa shape index (κ3) is 1.08. The van der Waals surface area contributed by atoms with Gasteiger partial charge in [0.05, 0.1) is 12.3 Å². The largest absolute Gasteiger partial charge is 0.474 e. The average Bonchev–Trinajstić information content (AvgIpc) is 2.46. The van der Waals surface area contributed by atoms with Crippen molar-refractivity contribution in [2.75, 3.05) is 6.61 Å². The molecule has 0 amide bonds. The Bertz CT molecular complexity index is 294. The van der Waals surface area contributed by atoms with Crippen LogP contribution >= 0.6 is 0 Å². The molecule has 0 aliphatic carbocycles. The predicted molar refractivity (Wildman–Crippen MR) is 36.8 cm³/mol. The standard InChI is InChI=1S/C7H7NO4/c9-7(10)6-8-4-1-2-11-3-5(4)12-6/h1-3H2,(H,9,10).